The first-order chi connectivity index (χ1) is 16.9. The van der Waals surface area contributed by atoms with Crippen molar-refractivity contribution in [3.05, 3.63) is 65.6 Å². The average Bonchev–Trinajstić information content (AvgIpc) is 2.86. The second-order valence-corrected chi connectivity index (χ2v) is 8.65. The smallest absolute Gasteiger partial charge is 0.407 e. The molecule has 0 radical (unpaired) electrons. The molecule has 3 unspecified atom stereocenters. The molecule has 10 heteroatoms. The van der Waals surface area contributed by atoms with Crippen molar-refractivity contribution in [1.82, 2.24) is 19.8 Å². The number of ether oxygens (including phenoxy) is 1. The molecule has 4 rings (SSSR count). The van der Waals surface area contributed by atoms with Gasteiger partial charge in [-0.25, -0.2) is 18.6 Å². The zero-order valence-electron chi connectivity index (χ0n) is 19.3. The molecule has 1 aliphatic heterocycles. The van der Waals surface area contributed by atoms with Crippen molar-refractivity contribution in [3.63, 3.8) is 0 Å². The number of carbonyl (C=O) groups is 1. The number of amides is 1. The molecule has 3 heterocycles. The highest BCUT2D eigenvalue weighted by molar-refractivity contribution is 5.79. The van der Waals surface area contributed by atoms with Gasteiger partial charge in [0, 0.05) is 43.7 Å². The van der Waals surface area contributed by atoms with Gasteiger partial charge in [-0.15, -0.1) is 0 Å². The van der Waals surface area contributed by atoms with Gasteiger partial charge in [-0.05, 0) is 18.1 Å². The summed E-state index contributed by atoms with van der Waals surface area (Å²) in [5, 5.41) is 19.8. The fraction of sp³-hybridized carbons (Fsp3) is 0.400. The predicted molar refractivity (Wildman–Crippen MR) is 126 cm³/mol. The van der Waals surface area contributed by atoms with Gasteiger partial charge in [-0.3, -0.25) is 14.8 Å². The number of likely N-dealkylation sites (tertiary alicyclic amines) is 1. The Labute approximate surface area is 201 Å². The Morgan fingerprint density at radius 2 is 2.06 bits per heavy atom. The van der Waals surface area contributed by atoms with E-state index in [2.05, 4.69) is 9.97 Å². The van der Waals surface area contributed by atoms with Gasteiger partial charge in [-0.1, -0.05) is 30.3 Å². The van der Waals surface area contributed by atoms with E-state index in [0.717, 1.165) is 16.7 Å². The fourth-order valence-corrected chi connectivity index (χ4v) is 4.68. The monoisotopic (exact) mass is 486 g/mol. The molecule has 3 aromatic rings. The van der Waals surface area contributed by atoms with Crippen LogP contribution in [0.15, 0.2) is 48.7 Å². The van der Waals surface area contributed by atoms with E-state index in [1.165, 1.54) is 7.11 Å². The van der Waals surface area contributed by atoms with Crippen LogP contribution in [0.3, 0.4) is 0 Å². The van der Waals surface area contributed by atoms with Crippen LogP contribution in [0, 0.1) is 5.82 Å². The molecule has 35 heavy (non-hydrogen) atoms. The third-order valence-electron chi connectivity index (χ3n) is 6.43. The Kier molecular flexibility index (Phi) is 7.72. The van der Waals surface area contributed by atoms with E-state index in [1.54, 1.807) is 29.2 Å². The van der Waals surface area contributed by atoms with E-state index < -0.39 is 30.0 Å². The Bertz CT molecular complexity index is 1170. The maximum Gasteiger partial charge on any atom is 0.407 e. The molecule has 2 aromatic heterocycles. The maximum atomic E-state index is 15.3. The number of nitrogens with zero attached hydrogens (tertiary/aromatic N) is 4. The van der Waals surface area contributed by atoms with Gasteiger partial charge in [0.15, 0.2) is 0 Å². The van der Waals surface area contributed by atoms with E-state index in [4.69, 9.17) is 4.74 Å². The molecule has 1 saturated heterocycles. The average molecular weight is 487 g/mol. The highest BCUT2D eigenvalue weighted by Gasteiger charge is 2.37. The number of alkyl halides is 1. The standard InChI is InChI=1S/C25H28F2N4O4/c1-35-22-8-7-20-24(29-22)23(18(26)11-28-20)17(15-32)13-30-10-9-21(19(27)14-30)31(25(33)34)12-16-5-3-2-4-6-16/h2-8,11,17,19,21,32H,9-10,12-15H2,1H3,(H,33,34). The molecule has 3 atom stereocenters. The van der Waals surface area contributed by atoms with Crippen LogP contribution < -0.4 is 4.74 Å². The minimum absolute atomic E-state index is 0.0267. The molecule has 2 N–H and O–H groups in total. The van der Waals surface area contributed by atoms with E-state index in [-0.39, 0.29) is 43.7 Å². The topological polar surface area (TPSA) is 99.0 Å². The van der Waals surface area contributed by atoms with Crippen LogP contribution in [0.25, 0.3) is 11.0 Å². The van der Waals surface area contributed by atoms with Crippen LogP contribution in [-0.2, 0) is 6.54 Å². The summed E-state index contributed by atoms with van der Waals surface area (Å²) in [6.45, 7) is 0.288. The third-order valence-corrected chi connectivity index (χ3v) is 6.43. The number of carboxylic acid groups (broad SMARTS) is 1. The van der Waals surface area contributed by atoms with Crippen LogP contribution >= 0.6 is 0 Å². The van der Waals surface area contributed by atoms with Crippen molar-refractivity contribution in [2.75, 3.05) is 33.4 Å². The Morgan fingerprint density at radius 3 is 2.71 bits per heavy atom. The molecular formula is C25H28F2N4O4. The fourth-order valence-electron chi connectivity index (χ4n) is 4.68. The van der Waals surface area contributed by atoms with Crippen molar-refractivity contribution in [1.29, 1.82) is 0 Å². The lowest BCUT2D eigenvalue weighted by molar-refractivity contribution is 0.0283. The lowest BCUT2D eigenvalue weighted by Gasteiger charge is -2.40. The molecule has 1 amide bonds. The summed E-state index contributed by atoms with van der Waals surface area (Å²) in [4.78, 5) is 23.2. The molecule has 186 valence electrons. The number of aromatic nitrogens is 2. The number of piperidine rings is 1. The number of rotatable bonds is 8. The van der Waals surface area contributed by atoms with Crippen LogP contribution in [0.1, 0.15) is 23.5 Å². The lowest BCUT2D eigenvalue weighted by Crippen LogP contribution is -2.54. The molecule has 0 saturated carbocycles. The quantitative estimate of drug-likeness (QED) is 0.503. The molecule has 1 fully saturated rings. The van der Waals surface area contributed by atoms with Gasteiger partial charge >= 0.3 is 6.09 Å². The maximum absolute atomic E-state index is 15.3. The molecule has 1 aromatic carbocycles. The van der Waals surface area contributed by atoms with E-state index in [0.29, 0.717) is 17.9 Å². The number of hydrogen-bond acceptors (Lipinski definition) is 6. The summed E-state index contributed by atoms with van der Waals surface area (Å²) in [6.07, 6.45) is -1.23. The van der Waals surface area contributed by atoms with Crippen molar-refractivity contribution in [3.8, 4) is 5.88 Å². The second kappa shape index (κ2) is 10.9. The van der Waals surface area contributed by atoms with Crippen LogP contribution in [0.4, 0.5) is 13.6 Å². The Hall–Kier alpha value is -3.37. The molecule has 1 aliphatic rings. The van der Waals surface area contributed by atoms with Gasteiger partial charge in [0.1, 0.15) is 12.0 Å². The summed E-state index contributed by atoms with van der Waals surface area (Å²) < 4.78 is 35.3. The summed E-state index contributed by atoms with van der Waals surface area (Å²) in [7, 11) is 1.45. The van der Waals surface area contributed by atoms with Crippen molar-refractivity contribution in [2.24, 2.45) is 0 Å². The number of aliphatic hydroxyl groups excluding tert-OH is 1. The Morgan fingerprint density at radius 1 is 1.29 bits per heavy atom. The van der Waals surface area contributed by atoms with Crippen LogP contribution in [0.5, 0.6) is 5.88 Å². The normalized spacial score (nSPS) is 19.4. The highest BCUT2D eigenvalue weighted by atomic mass is 19.1. The van der Waals surface area contributed by atoms with E-state index >= 15 is 4.39 Å². The number of halogens is 2. The van der Waals surface area contributed by atoms with Gasteiger partial charge in [0.25, 0.3) is 0 Å². The molecule has 0 aliphatic carbocycles. The molecule has 0 spiro atoms. The van der Waals surface area contributed by atoms with Crippen molar-refractivity contribution in [2.45, 2.75) is 31.1 Å². The van der Waals surface area contributed by atoms with Crippen molar-refractivity contribution < 1.29 is 28.5 Å². The lowest BCUT2D eigenvalue weighted by atomic mass is 9.95. The summed E-state index contributed by atoms with van der Waals surface area (Å²) in [5.74, 6) is -0.993. The SMILES string of the molecule is COc1ccc2ncc(F)c(C(CO)CN3CCC(N(Cc4ccccc4)C(=O)O)C(F)C3)c2n1. The zero-order chi connectivity index (χ0) is 24.9. The molecule has 0 bridgehead atoms. The first-order valence-corrected chi connectivity index (χ1v) is 11.4. The summed E-state index contributed by atoms with van der Waals surface area (Å²) >= 11 is 0. The number of methoxy groups -OCH3 is 1. The van der Waals surface area contributed by atoms with Gasteiger partial charge in [0.05, 0.1) is 37.0 Å². The van der Waals surface area contributed by atoms with Gasteiger partial charge in [-0.2, -0.15) is 0 Å². The number of pyridine rings is 2. The first kappa shape index (κ1) is 24.7. The van der Waals surface area contributed by atoms with Gasteiger partial charge < -0.3 is 14.9 Å². The number of hydrogen-bond donors (Lipinski definition) is 2. The van der Waals surface area contributed by atoms with E-state index in [1.807, 2.05) is 18.2 Å². The second-order valence-electron chi connectivity index (χ2n) is 8.65. The summed E-state index contributed by atoms with van der Waals surface area (Å²) in [6, 6.07) is 11.6. The largest absolute Gasteiger partial charge is 0.481 e. The number of aliphatic hydroxyl groups is 1. The van der Waals surface area contributed by atoms with Crippen molar-refractivity contribution >= 4 is 17.1 Å². The summed E-state index contributed by atoms with van der Waals surface area (Å²) in [5.41, 5.74) is 1.73. The Balaban J connectivity index is 1.50. The molecular weight excluding hydrogens is 458 g/mol. The van der Waals surface area contributed by atoms with Crippen LogP contribution in [-0.4, -0.2) is 81.6 Å². The minimum Gasteiger partial charge on any atom is -0.481 e. The zero-order valence-corrected chi connectivity index (χ0v) is 19.3. The van der Waals surface area contributed by atoms with E-state index in [9.17, 15) is 19.4 Å². The first-order valence-electron chi connectivity index (χ1n) is 11.4. The highest BCUT2D eigenvalue weighted by Crippen LogP contribution is 2.30. The number of benzene rings is 1. The van der Waals surface area contributed by atoms with Crippen LogP contribution in [0.2, 0.25) is 0 Å². The predicted octanol–water partition coefficient (Wildman–Crippen LogP) is 3.45. The molecule has 8 nitrogen and oxygen atoms in total. The number of fused-ring (bicyclic) bond motifs is 1. The van der Waals surface area contributed by atoms with Gasteiger partial charge in [0.2, 0.25) is 5.88 Å². The minimum atomic E-state index is -1.43. The third kappa shape index (κ3) is 5.49.